The van der Waals surface area contributed by atoms with Crippen molar-refractivity contribution in [2.24, 2.45) is 0 Å². The van der Waals surface area contributed by atoms with Gasteiger partial charge in [0.15, 0.2) is 0 Å². The molecular formula is C19H21F2NO3. The van der Waals surface area contributed by atoms with Crippen molar-refractivity contribution in [1.29, 1.82) is 0 Å². The average molecular weight is 349 g/mol. The fraction of sp³-hybridized carbons (Fsp3) is 0.316. The highest BCUT2D eigenvalue weighted by Gasteiger charge is 2.14. The smallest absolute Gasteiger partial charge is 0.411 e. The second-order valence-electron chi connectivity index (χ2n) is 5.62. The number of amides is 1. The number of alkyl halides is 2. The van der Waals surface area contributed by atoms with Gasteiger partial charge >= 0.3 is 6.09 Å². The van der Waals surface area contributed by atoms with Crippen molar-refractivity contribution in [3.63, 3.8) is 0 Å². The van der Waals surface area contributed by atoms with E-state index in [0.717, 1.165) is 11.1 Å². The molecule has 0 aliphatic carbocycles. The van der Waals surface area contributed by atoms with E-state index in [1.54, 1.807) is 6.92 Å². The number of anilines is 1. The molecule has 0 saturated heterocycles. The van der Waals surface area contributed by atoms with Crippen LogP contribution in [-0.4, -0.2) is 12.7 Å². The highest BCUT2D eigenvalue weighted by atomic mass is 19.3. The van der Waals surface area contributed by atoms with Gasteiger partial charge < -0.3 is 9.47 Å². The van der Waals surface area contributed by atoms with E-state index in [0.29, 0.717) is 11.3 Å². The normalized spacial score (nSPS) is 10.6. The maximum absolute atomic E-state index is 12.9. The molecule has 0 radical (unpaired) electrons. The van der Waals surface area contributed by atoms with Crippen LogP contribution in [0.3, 0.4) is 0 Å². The van der Waals surface area contributed by atoms with Crippen LogP contribution in [-0.2, 0) is 11.3 Å². The fourth-order valence-electron chi connectivity index (χ4n) is 2.37. The molecule has 0 aromatic heterocycles. The van der Waals surface area contributed by atoms with Crippen molar-refractivity contribution in [3.8, 4) is 5.75 Å². The van der Waals surface area contributed by atoms with Gasteiger partial charge in [0.25, 0.3) is 6.43 Å². The van der Waals surface area contributed by atoms with Crippen LogP contribution in [0, 0.1) is 13.8 Å². The lowest BCUT2D eigenvalue weighted by Crippen LogP contribution is -2.15. The first-order valence-corrected chi connectivity index (χ1v) is 7.95. The van der Waals surface area contributed by atoms with E-state index >= 15 is 0 Å². The number of carbonyl (C=O) groups is 1. The van der Waals surface area contributed by atoms with Crippen molar-refractivity contribution < 1.29 is 23.0 Å². The number of ether oxygens (including phenoxy) is 2. The SMILES string of the molecule is CCOC(=O)Nc1cc(C(F)F)ccc1COc1ccc(C)cc1C. The molecule has 0 bridgehead atoms. The second kappa shape index (κ2) is 8.46. The van der Waals surface area contributed by atoms with Gasteiger partial charge in [-0.2, -0.15) is 0 Å². The summed E-state index contributed by atoms with van der Waals surface area (Å²) in [5.41, 5.74) is 2.75. The lowest BCUT2D eigenvalue weighted by atomic mass is 10.1. The van der Waals surface area contributed by atoms with Gasteiger partial charge in [0.1, 0.15) is 12.4 Å². The van der Waals surface area contributed by atoms with E-state index in [1.165, 1.54) is 18.2 Å². The van der Waals surface area contributed by atoms with Gasteiger partial charge in [0, 0.05) is 11.1 Å². The summed E-state index contributed by atoms with van der Waals surface area (Å²) in [7, 11) is 0. The molecule has 2 aromatic carbocycles. The molecule has 0 heterocycles. The molecule has 6 heteroatoms. The fourth-order valence-corrected chi connectivity index (χ4v) is 2.37. The minimum atomic E-state index is -2.63. The predicted octanol–water partition coefficient (Wildman–Crippen LogP) is 5.39. The van der Waals surface area contributed by atoms with Crippen molar-refractivity contribution in [3.05, 3.63) is 58.7 Å². The van der Waals surface area contributed by atoms with Gasteiger partial charge in [-0.1, -0.05) is 29.8 Å². The van der Waals surface area contributed by atoms with E-state index in [9.17, 15) is 13.6 Å². The largest absolute Gasteiger partial charge is 0.489 e. The highest BCUT2D eigenvalue weighted by molar-refractivity contribution is 5.85. The van der Waals surface area contributed by atoms with Crippen molar-refractivity contribution in [1.82, 2.24) is 0 Å². The minimum Gasteiger partial charge on any atom is -0.489 e. The maximum atomic E-state index is 12.9. The lowest BCUT2D eigenvalue weighted by Gasteiger charge is -2.15. The molecule has 1 amide bonds. The zero-order valence-corrected chi connectivity index (χ0v) is 14.4. The first-order valence-electron chi connectivity index (χ1n) is 7.95. The third-order valence-corrected chi connectivity index (χ3v) is 3.61. The van der Waals surface area contributed by atoms with Gasteiger partial charge in [-0.05, 0) is 38.5 Å². The zero-order chi connectivity index (χ0) is 18.4. The van der Waals surface area contributed by atoms with Gasteiger partial charge in [-0.3, -0.25) is 5.32 Å². The summed E-state index contributed by atoms with van der Waals surface area (Å²) in [6.45, 7) is 5.91. The molecule has 0 unspecified atom stereocenters. The summed E-state index contributed by atoms with van der Waals surface area (Å²) >= 11 is 0. The Balaban J connectivity index is 2.21. The van der Waals surface area contributed by atoms with Crippen LogP contribution < -0.4 is 10.1 Å². The third kappa shape index (κ3) is 5.17. The monoisotopic (exact) mass is 349 g/mol. The van der Waals surface area contributed by atoms with Gasteiger partial charge in [0.2, 0.25) is 0 Å². The Hall–Kier alpha value is -2.63. The highest BCUT2D eigenvalue weighted by Crippen LogP contribution is 2.27. The molecule has 4 nitrogen and oxygen atoms in total. The molecule has 0 aliphatic heterocycles. The summed E-state index contributed by atoms with van der Waals surface area (Å²) in [5.74, 6) is 0.700. The topological polar surface area (TPSA) is 47.6 Å². The van der Waals surface area contributed by atoms with Gasteiger partial charge in [-0.15, -0.1) is 0 Å². The minimum absolute atomic E-state index is 0.134. The molecule has 0 fully saturated rings. The Labute approximate surface area is 145 Å². The van der Waals surface area contributed by atoms with Crippen molar-refractivity contribution in [2.45, 2.75) is 33.8 Å². The second-order valence-corrected chi connectivity index (χ2v) is 5.62. The Morgan fingerprint density at radius 2 is 1.92 bits per heavy atom. The number of halogens is 2. The number of carbonyl (C=O) groups excluding carboxylic acids is 1. The predicted molar refractivity (Wildman–Crippen MR) is 92.3 cm³/mol. The first-order chi connectivity index (χ1) is 11.9. The molecular weight excluding hydrogens is 328 g/mol. The van der Waals surface area contributed by atoms with E-state index in [-0.39, 0.29) is 24.5 Å². The van der Waals surface area contributed by atoms with Crippen molar-refractivity contribution in [2.75, 3.05) is 11.9 Å². The van der Waals surface area contributed by atoms with Crippen LogP contribution in [0.25, 0.3) is 0 Å². The zero-order valence-electron chi connectivity index (χ0n) is 14.4. The number of nitrogens with one attached hydrogen (secondary N) is 1. The number of aryl methyl sites for hydroxylation is 2. The quantitative estimate of drug-likeness (QED) is 0.761. The van der Waals surface area contributed by atoms with Crippen LogP contribution >= 0.6 is 0 Å². The van der Waals surface area contributed by atoms with E-state index < -0.39 is 12.5 Å². The molecule has 0 aliphatic rings. The van der Waals surface area contributed by atoms with Crippen LogP contribution in [0.2, 0.25) is 0 Å². The molecule has 0 atom stereocenters. The molecule has 0 spiro atoms. The van der Waals surface area contributed by atoms with Crippen LogP contribution in [0.1, 0.15) is 35.6 Å². The number of rotatable bonds is 6. The Morgan fingerprint density at radius 1 is 1.16 bits per heavy atom. The average Bonchev–Trinajstić information content (AvgIpc) is 2.55. The molecule has 1 N–H and O–H groups in total. The summed E-state index contributed by atoms with van der Waals surface area (Å²) in [6, 6.07) is 9.86. The molecule has 2 aromatic rings. The van der Waals surface area contributed by atoms with Crippen LogP contribution in [0.4, 0.5) is 19.3 Å². The van der Waals surface area contributed by atoms with E-state index in [2.05, 4.69) is 5.32 Å². The van der Waals surface area contributed by atoms with E-state index in [4.69, 9.17) is 9.47 Å². The van der Waals surface area contributed by atoms with Crippen LogP contribution in [0.15, 0.2) is 36.4 Å². The molecule has 2 rings (SSSR count). The van der Waals surface area contributed by atoms with Gasteiger partial charge in [-0.25, -0.2) is 13.6 Å². The van der Waals surface area contributed by atoms with Crippen LogP contribution in [0.5, 0.6) is 5.75 Å². The standard InChI is InChI=1S/C19H21F2NO3/c1-4-24-19(23)22-16-10-14(18(20)21)6-7-15(16)11-25-17-8-5-12(2)9-13(17)3/h5-10,18H,4,11H2,1-3H3,(H,22,23). The summed E-state index contributed by atoms with van der Waals surface area (Å²) in [4.78, 5) is 11.7. The Morgan fingerprint density at radius 3 is 2.56 bits per heavy atom. The Kier molecular flexibility index (Phi) is 6.33. The summed E-state index contributed by atoms with van der Waals surface area (Å²) < 4.78 is 36.5. The maximum Gasteiger partial charge on any atom is 0.411 e. The van der Waals surface area contributed by atoms with E-state index in [1.807, 2.05) is 32.0 Å². The number of benzene rings is 2. The number of hydrogen-bond acceptors (Lipinski definition) is 3. The summed E-state index contributed by atoms with van der Waals surface area (Å²) in [5, 5.41) is 2.49. The third-order valence-electron chi connectivity index (χ3n) is 3.61. The van der Waals surface area contributed by atoms with Crippen molar-refractivity contribution >= 4 is 11.8 Å². The molecule has 134 valence electrons. The summed E-state index contributed by atoms with van der Waals surface area (Å²) in [6.07, 6.45) is -3.32. The molecule has 25 heavy (non-hydrogen) atoms. The lowest BCUT2D eigenvalue weighted by molar-refractivity contribution is 0.151. The van der Waals surface area contributed by atoms with Gasteiger partial charge in [0.05, 0.1) is 12.3 Å². The number of hydrogen-bond donors (Lipinski definition) is 1. The Bertz CT molecular complexity index is 747. The first kappa shape index (κ1) is 18.7. The molecule has 0 saturated carbocycles.